The van der Waals surface area contributed by atoms with E-state index in [2.05, 4.69) is 5.11 Å². The highest BCUT2D eigenvalue weighted by Crippen LogP contribution is 2.15. The molecule has 0 amide bonds. The lowest BCUT2D eigenvalue weighted by molar-refractivity contribution is -0.435. The Balaban J connectivity index is 2.99. The molecule has 0 heterocycles. The SMILES string of the molecule is N#CN=[N+]([O-])c1ccc(Cl)cc1. The standard InChI is InChI=1S/C7H4ClN3O/c8-6-1-3-7(4-2-6)11(12)10-5-9/h1-4H. The molecular formula is C7H4ClN3O. The van der Waals surface area contributed by atoms with Crippen LogP contribution in [0, 0.1) is 16.7 Å². The van der Waals surface area contributed by atoms with Gasteiger partial charge in [-0.1, -0.05) is 11.6 Å². The molecule has 0 bridgehead atoms. The van der Waals surface area contributed by atoms with Crippen LogP contribution in [-0.2, 0) is 0 Å². The van der Waals surface area contributed by atoms with Crippen LogP contribution >= 0.6 is 11.6 Å². The van der Waals surface area contributed by atoms with Gasteiger partial charge in [0.25, 0.3) is 6.19 Å². The zero-order valence-electron chi connectivity index (χ0n) is 5.94. The topological polar surface area (TPSA) is 62.2 Å². The Morgan fingerprint density at radius 3 is 2.50 bits per heavy atom. The van der Waals surface area contributed by atoms with Crippen molar-refractivity contribution in [3.8, 4) is 6.19 Å². The van der Waals surface area contributed by atoms with Gasteiger partial charge in [-0.15, -0.1) is 0 Å². The molecule has 0 aromatic heterocycles. The number of nitriles is 1. The second-order valence-electron chi connectivity index (χ2n) is 1.95. The van der Waals surface area contributed by atoms with Crippen molar-refractivity contribution in [2.45, 2.75) is 0 Å². The van der Waals surface area contributed by atoms with E-state index in [1.54, 1.807) is 12.1 Å². The van der Waals surface area contributed by atoms with Crippen molar-refractivity contribution in [3.05, 3.63) is 34.5 Å². The van der Waals surface area contributed by atoms with Gasteiger partial charge in [0, 0.05) is 17.2 Å². The fourth-order valence-electron chi connectivity index (χ4n) is 0.667. The van der Waals surface area contributed by atoms with Gasteiger partial charge in [0.1, 0.15) is 0 Å². The van der Waals surface area contributed by atoms with Gasteiger partial charge in [-0.25, -0.2) is 0 Å². The highest BCUT2D eigenvalue weighted by atomic mass is 35.5. The lowest BCUT2D eigenvalue weighted by atomic mass is 10.3. The zero-order valence-corrected chi connectivity index (χ0v) is 6.69. The fourth-order valence-corrected chi connectivity index (χ4v) is 0.793. The van der Waals surface area contributed by atoms with Gasteiger partial charge < -0.3 is 5.21 Å². The van der Waals surface area contributed by atoms with Gasteiger partial charge in [0.15, 0.2) is 0 Å². The van der Waals surface area contributed by atoms with Crippen LogP contribution in [0.3, 0.4) is 0 Å². The largest absolute Gasteiger partial charge is 0.593 e. The Morgan fingerprint density at radius 1 is 1.42 bits per heavy atom. The van der Waals surface area contributed by atoms with Crippen LogP contribution in [-0.4, -0.2) is 4.86 Å². The van der Waals surface area contributed by atoms with E-state index in [0.29, 0.717) is 5.02 Å². The molecular weight excluding hydrogens is 178 g/mol. The van der Waals surface area contributed by atoms with Crippen LogP contribution in [0.1, 0.15) is 0 Å². The van der Waals surface area contributed by atoms with Crippen LogP contribution < -0.4 is 0 Å². The molecule has 1 aromatic rings. The van der Waals surface area contributed by atoms with Crippen molar-refractivity contribution in [1.82, 2.24) is 0 Å². The number of rotatable bonds is 1. The van der Waals surface area contributed by atoms with Crippen molar-refractivity contribution >= 4 is 17.3 Å². The minimum atomic E-state index is 0.232. The molecule has 0 spiro atoms. The van der Waals surface area contributed by atoms with Crippen LogP contribution in [0.4, 0.5) is 5.69 Å². The summed E-state index contributed by atoms with van der Waals surface area (Å²) in [6.07, 6.45) is 1.39. The molecule has 0 N–H and O–H groups in total. The summed E-state index contributed by atoms with van der Waals surface area (Å²) in [6, 6.07) is 6.07. The van der Waals surface area contributed by atoms with Crippen molar-refractivity contribution in [2.75, 3.05) is 0 Å². The van der Waals surface area contributed by atoms with Crippen LogP contribution in [0.15, 0.2) is 29.4 Å². The van der Waals surface area contributed by atoms with Crippen LogP contribution in [0.2, 0.25) is 5.02 Å². The molecule has 0 unspecified atom stereocenters. The maximum absolute atomic E-state index is 10.8. The number of benzene rings is 1. The molecule has 5 heteroatoms. The second-order valence-corrected chi connectivity index (χ2v) is 2.39. The monoisotopic (exact) mass is 181 g/mol. The molecule has 0 saturated carbocycles. The first kappa shape index (κ1) is 8.50. The maximum Gasteiger partial charge on any atom is 0.274 e. The predicted octanol–water partition coefficient (Wildman–Crippen LogP) is 2.42. The molecule has 0 aliphatic rings. The van der Waals surface area contributed by atoms with E-state index >= 15 is 0 Å². The molecule has 0 aliphatic carbocycles. The third-order valence-electron chi connectivity index (χ3n) is 1.18. The molecule has 0 saturated heterocycles. The van der Waals surface area contributed by atoms with E-state index in [1.807, 2.05) is 0 Å². The molecule has 0 fully saturated rings. The molecule has 12 heavy (non-hydrogen) atoms. The third kappa shape index (κ3) is 1.94. The molecule has 60 valence electrons. The van der Waals surface area contributed by atoms with Gasteiger partial charge in [-0.05, 0) is 17.0 Å². The van der Waals surface area contributed by atoms with Gasteiger partial charge in [-0.2, -0.15) is 5.26 Å². The normalized spacial score (nSPS) is 10.8. The highest BCUT2D eigenvalue weighted by molar-refractivity contribution is 6.30. The number of azo groups is 1. The Kier molecular flexibility index (Phi) is 2.62. The van der Waals surface area contributed by atoms with Crippen molar-refractivity contribution < 1.29 is 4.86 Å². The van der Waals surface area contributed by atoms with E-state index in [0.717, 1.165) is 0 Å². The first-order valence-corrected chi connectivity index (χ1v) is 3.44. The highest BCUT2D eigenvalue weighted by Gasteiger charge is 2.00. The number of halogens is 1. The van der Waals surface area contributed by atoms with Crippen molar-refractivity contribution in [3.63, 3.8) is 0 Å². The molecule has 1 rings (SSSR count). The minimum Gasteiger partial charge on any atom is -0.593 e. The average Bonchev–Trinajstić information content (AvgIpc) is 2.06. The quantitative estimate of drug-likeness (QED) is 0.289. The predicted molar refractivity (Wildman–Crippen MR) is 42.8 cm³/mol. The molecule has 0 aliphatic heterocycles. The van der Waals surface area contributed by atoms with Crippen LogP contribution in [0.5, 0.6) is 0 Å². The van der Waals surface area contributed by atoms with Gasteiger partial charge in [0.2, 0.25) is 5.69 Å². The van der Waals surface area contributed by atoms with Crippen molar-refractivity contribution in [1.29, 1.82) is 5.26 Å². The van der Waals surface area contributed by atoms with E-state index in [-0.39, 0.29) is 10.5 Å². The van der Waals surface area contributed by atoms with Gasteiger partial charge in [-0.3, -0.25) is 0 Å². The second kappa shape index (κ2) is 3.69. The summed E-state index contributed by atoms with van der Waals surface area (Å²) in [5, 5.41) is 22.4. The average molecular weight is 182 g/mol. The Hall–Kier alpha value is -1.60. The third-order valence-corrected chi connectivity index (χ3v) is 1.44. The summed E-state index contributed by atoms with van der Waals surface area (Å²) in [5.74, 6) is 0. The molecule has 1 aromatic carbocycles. The Labute approximate surface area is 73.9 Å². The number of nitrogens with zero attached hydrogens (tertiary/aromatic N) is 3. The Morgan fingerprint density at radius 2 is 2.00 bits per heavy atom. The van der Waals surface area contributed by atoms with Crippen LogP contribution in [0.25, 0.3) is 0 Å². The lowest BCUT2D eigenvalue weighted by Crippen LogP contribution is -1.88. The zero-order chi connectivity index (χ0) is 8.97. The summed E-state index contributed by atoms with van der Waals surface area (Å²) in [6.45, 7) is 0. The Bertz CT molecular complexity index is 339. The summed E-state index contributed by atoms with van der Waals surface area (Å²) < 4.78 is 0. The van der Waals surface area contributed by atoms with E-state index < -0.39 is 0 Å². The summed E-state index contributed by atoms with van der Waals surface area (Å²) in [7, 11) is 0. The maximum atomic E-state index is 10.8. The van der Waals surface area contributed by atoms with E-state index in [4.69, 9.17) is 16.9 Å². The van der Waals surface area contributed by atoms with Crippen molar-refractivity contribution in [2.24, 2.45) is 5.11 Å². The minimum absolute atomic E-state index is 0.232. The van der Waals surface area contributed by atoms with Gasteiger partial charge >= 0.3 is 0 Å². The molecule has 0 atom stereocenters. The molecule has 4 nitrogen and oxygen atoms in total. The number of hydrogen-bond acceptors (Lipinski definition) is 3. The summed E-state index contributed by atoms with van der Waals surface area (Å²) in [5.41, 5.74) is 0.279. The first-order chi connectivity index (χ1) is 5.74. The summed E-state index contributed by atoms with van der Waals surface area (Å²) in [4.78, 5) is 0.232. The first-order valence-electron chi connectivity index (χ1n) is 3.06. The fraction of sp³-hybridized carbons (Fsp3) is 0. The van der Waals surface area contributed by atoms with E-state index in [1.165, 1.54) is 18.3 Å². The van der Waals surface area contributed by atoms with Gasteiger partial charge in [0.05, 0.1) is 5.11 Å². The van der Waals surface area contributed by atoms with E-state index in [9.17, 15) is 5.21 Å². The smallest absolute Gasteiger partial charge is 0.274 e. The lowest BCUT2D eigenvalue weighted by Gasteiger charge is -1.95. The summed E-state index contributed by atoms with van der Waals surface area (Å²) >= 11 is 5.58. The molecule has 0 radical (unpaired) electrons. The number of hydrogen-bond donors (Lipinski definition) is 0.